The predicted molar refractivity (Wildman–Crippen MR) is 65.1 cm³/mol. The zero-order chi connectivity index (χ0) is 12.0. The van der Waals surface area contributed by atoms with Gasteiger partial charge in [-0.25, -0.2) is 0 Å². The molecule has 3 heterocycles. The van der Waals surface area contributed by atoms with Crippen molar-refractivity contribution in [2.75, 3.05) is 0 Å². The van der Waals surface area contributed by atoms with Crippen molar-refractivity contribution >= 4 is 16.3 Å². The van der Waals surface area contributed by atoms with E-state index in [9.17, 15) is 0 Å². The van der Waals surface area contributed by atoms with Crippen molar-refractivity contribution in [3.8, 4) is 10.7 Å². The highest BCUT2D eigenvalue weighted by atomic mass is 32.1. The van der Waals surface area contributed by atoms with E-state index in [0.717, 1.165) is 27.2 Å². The molecule has 88 valence electrons. The van der Waals surface area contributed by atoms with Crippen LogP contribution < -0.4 is 0 Å². The van der Waals surface area contributed by atoms with E-state index in [-0.39, 0.29) is 0 Å². The summed E-state index contributed by atoms with van der Waals surface area (Å²) < 4.78 is 1.80. The first-order valence-corrected chi connectivity index (χ1v) is 6.21. The van der Waals surface area contributed by atoms with E-state index in [0.29, 0.717) is 5.92 Å². The average Bonchev–Trinajstić information content (AvgIpc) is 2.89. The number of H-pyrrole nitrogens is 1. The van der Waals surface area contributed by atoms with E-state index in [1.165, 1.54) is 11.3 Å². The molecule has 3 aromatic heterocycles. The molecule has 17 heavy (non-hydrogen) atoms. The third-order valence-electron chi connectivity index (χ3n) is 2.46. The Morgan fingerprint density at radius 3 is 2.82 bits per heavy atom. The molecule has 0 bridgehead atoms. The first-order chi connectivity index (χ1) is 8.15. The van der Waals surface area contributed by atoms with Gasteiger partial charge in [0.25, 0.3) is 0 Å². The lowest BCUT2D eigenvalue weighted by Crippen LogP contribution is -1.97. The number of nitrogens with one attached hydrogen (secondary N) is 1. The minimum atomic E-state index is 0.306. The Morgan fingerprint density at radius 2 is 2.18 bits per heavy atom. The Kier molecular flexibility index (Phi) is 2.22. The Balaban J connectivity index is 2.14. The maximum absolute atomic E-state index is 4.51. The van der Waals surface area contributed by atoms with Crippen LogP contribution in [0.3, 0.4) is 0 Å². The fourth-order valence-corrected chi connectivity index (χ4v) is 2.43. The zero-order valence-corrected chi connectivity index (χ0v) is 10.6. The van der Waals surface area contributed by atoms with Crippen LogP contribution in [0.15, 0.2) is 6.07 Å². The van der Waals surface area contributed by atoms with Crippen molar-refractivity contribution < 1.29 is 0 Å². The van der Waals surface area contributed by atoms with Gasteiger partial charge in [-0.15, -0.1) is 10.2 Å². The summed E-state index contributed by atoms with van der Waals surface area (Å²) in [5.74, 6) is 1.19. The number of aromatic nitrogens is 6. The standard InChI is InChI=1S/C10H12N6S/c1-5(2)8-13-14-10-16(8)15-9(17-10)7-4-6(3)11-12-7/h4-5H,1-3H3,(H,11,12). The molecule has 0 aliphatic carbocycles. The Bertz CT molecular complexity index is 661. The van der Waals surface area contributed by atoms with Crippen LogP contribution in [-0.2, 0) is 0 Å². The van der Waals surface area contributed by atoms with E-state index >= 15 is 0 Å². The fourth-order valence-electron chi connectivity index (χ4n) is 1.62. The Labute approximate surface area is 102 Å². The molecule has 0 unspecified atom stereocenters. The second kappa shape index (κ2) is 3.63. The van der Waals surface area contributed by atoms with Crippen molar-refractivity contribution in [3.05, 3.63) is 17.6 Å². The molecule has 0 saturated carbocycles. The predicted octanol–water partition coefficient (Wildman–Crippen LogP) is 2.01. The van der Waals surface area contributed by atoms with Crippen molar-refractivity contribution in [3.63, 3.8) is 0 Å². The van der Waals surface area contributed by atoms with Gasteiger partial charge in [0.1, 0.15) is 5.69 Å². The Morgan fingerprint density at radius 1 is 1.35 bits per heavy atom. The van der Waals surface area contributed by atoms with Crippen molar-refractivity contribution in [1.29, 1.82) is 0 Å². The Hall–Kier alpha value is -1.76. The average molecular weight is 248 g/mol. The van der Waals surface area contributed by atoms with Crippen LogP contribution in [0.25, 0.3) is 15.7 Å². The molecule has 0 aliphatic rings. The van der Waals surface area contributed by atoms with E-state index in [1.807, 2.05) is 13.0 Å². The lowest BCUT2D eigenvalue weighted by Gasteiger charge is -1.97. The van der Waals surface area contributed by atoms with Gasteiger partial charge in [-0.2, -0.15) is 14.7 Å². The van der Waals surface area contributed by atoms with Crippen LogP contribution in [0.2, 0.25) is 0 Å². The topological polar surface area (TPSA) is 71.8 Å². The van der Waals surface area contributed by atoms with Gasteiger partial charge in [0.2, 0.25) is 4.96 Å². The normalized spacial score (nSPS) is 11.8. The van der Waals surface area contributed by atoms with E-state index in [1.54, 1.807) is 4.52 Å². The van der Waals surface area contributed by atoms with Gasteiger partial charge in [-0.3, -0.25) is 5.10 Å². The minimum absolute atomic E-state index is 0.306. The second-order valence-electron chi connectivity index (χ2n) is 4.25. The molecular formula is C10H12N6S. The van der Waals surface area contributed by atoms with Gasteiger partial charge in [-0.1, -0.05) is 25.2 Å². The smallest absolute Gasteiger partial charge is 0.235 e. The monoisotopic (exact) mass is 248 g/mol. The number of rotatable bonds is 2. The molecule has 0 amide bonds. The molecule has 3 rings (SSSR count). The summed E-state index contributed by atoms with van der Waals surface area (Å²) in [7, 11) is 0. The number of nitrogens with zero attached hydrogens (tertiary/aromatic N) is 5. The SMILES string of the molecule is Cc1cc(-c2nn3c(C(C)C)nnc3s2)n[nH]1. The number of hydrogen-bond donors (Lipinski definition) is 1. The van der Waals surface area contributed by atoms with Gasteiger partial charge in [0, 0.05) is 11.6 Å². The van der Waals surface area contributed by atoms with Crippen molar-refractivity contribution in [2.24, 2.45) is 0 Å². The molecule has 0 aliphatic heterocycles. The second-order valence-corrected chi connectivity index (χ2v) is 5.21. The highest BCUT2D eigenvalue weighted by Gasteiger charge is 2.16. The van der Waals surface area contributed by atoms with Gasteiger partial charge in [-0.05, 0) is 13.0 Å². The zero-order valence-electron chi connectivity index (χ0n) is 9.80. The van der Waals surface area contributed by atoms with Gasteiger partial charge >= 0.3 is 0 Å². The first-order valence-electron chi connectivity index (χ1n) is 5.39. The summed E-state index contributed by atoms with van der Waals surface area (Å²) in [6.45, 7) is 6.12. The van der Waals surface area contributed by atoms with Crippen LogP contribution in [0, 0.1) is 6.92 Å². The van der Waals surface area contributed by atoms with E-state index in [2.05, 4.69) is 39.3 Å². The fraction of sp³-hybridized carbons (Fsp3) is 0.400. The number of hydrogen-bond acceptors (Lipinski definition) is 5. The van der Waals surface area contributed by atoms with Gasteiger partial charge in [0.05, 0.1) is 0 Å². The third kappa shape index (κ3) is 1.62. The number of aryl methyl sites for hydroxylation is 1. The molecule has 1 N–H and O–H groups in total. The largest absolute Gasteiger partial charge is 0.282 e. The molecule has 0 fully saturated rings. The lowest BCUT2D eigenvalue weighted by molar-refractivity contribution is 0.726. The van der Waals surface area contributed by atoms with E-state index in [4.69, 9.17) is 0 Å². The molecule has 0 saturated heterocycles. The quantitative estimate of drug-likeness (QED) is 0.753. The summed E-state index contributed by atoms with van der Waals surface area (Å²) >= 11 is 1.50. The van der Waals surface area contributed by atoms with Crippen molar-refractivity contribution in [2.45, 2.75) is 26.7 Å². The molecule has 0 atom stereocenters. The van der Waals surface area contributed by atoms with Crippen LogP contribution in [0.5, 0.6) is 0 Å². The highest BCUT2D eigenvalue weighted by molar-refractivity contribution is 7.19. The van der Waals surface area contributed by atoms with Crippen LogP contribution in [0.4, 0.5) is 0 Å². The number of fused-ring (bicyclic) bond motifs is 1. The molecule has 0 spiro atoms. The lowest BCUT2D eigenvalue weighted by atomic mass is 10.2. The summed E-state index contributed by atoms with van der Waals surface area (Å²) in [5, 5.41) is 20.7. The maximum atomic E-state index is 4.51. The van der Waals surface area contributed by atoms with Crippen LogP contribution in [0.1, 0.15) is 31.3 Å². The van der Waals surface area contributed by atoms with Crippen LogP contribution in [-0.4, -0.2) is 30.0 Å². The maximum Gasteiger partial charge on any atom is 0.235 e. The van der Waals surface area contributed by atoms with Gasteiger partial charge < -0.3 is 0 Å². The summed E-state index contributed by atoms with van der Waals surface area (Å²) in [5.41, 5.74) is 1.88. The first kappa shape index (κ1) is 10.4. The summed E-state index contributed by atoms with van der Waals surface area (Å²) in [6.07, 6.45) is 0. The number of aromatic amines is 1. The molecule has 0 radical (unpaired) electrons. The molecule has 6 nitrogen and oxygen atoms in total. The minimum Gasteiger partial charge on any atom is -0.282 e. The van der Waals surface area contributed by atoms with Crippen LogP contribution >= 0.6 is 11.3 Å². The molecule has 3 aromatic rings. The third-order valence-corrected chi connectivity index (χ3v) is 3.38. The van der Waals surface area contributed by atoms with Crippen molar-refractivity contribution in [1.82, 2.24) is 30.0 Å². The van der Waals surface area contributed by atoms with Gasteiger partial charge in [0.15, 0.2) is 10.8 Å². The molecular weight excluding hydrogens is 236 g/mol. The molecule has 0 aromatic carbocycles. The van der Waals surface area contributed by atoms with E-state index < -0.39 is 0 Å². The summed E-state index contributed by atoms with van der Waals surface area (Å²) in [4.78, 5) is 0.810. The highest BCUT2D eigenvalue weighted by Crippen LogP contribution is 2.25. The molecule has 7 heteroatoms. The summed E-state index contributed by atoms with van der Waals surface area (Å²) in [6, 6.07) is 1.97.